The van der Waals surface area contributed by atoms with Gasteiger partial charge in [-0.05, 0) is 122 Å². The average molecular weight is 1140 g/mol. The maximum Gasteiger partial charge on any atom is 0.306 e. The van der Waals surface area contributed by atoms with Gasteiger partial charge in [-0.1, -0.05) is 304 Å². The zero-order chi connectivity index (χ0) is 59.2. The molecule has 0 spiro atoms. The largest absolute Gasteiger partial charge is 0.462 e. The van der Waals surface area contributed by atoms with E-state index in [1.54, 1.807) is 0 Å². The Hall–Kier alpha value is -3.93. The molecular weight excluding hydrogens is 1010 g/mol. The normalized spacial score (nSPS) is 12.8. The summed E-state index contributed by atoms with van der Waals surface area (Å²) in [4.78, 5) is 38.5. The minimum atomic E-state index is -0.788. The van der Waals surface area contributed by atoms with Crippen molar-refractivity contribution in [2.75, 3.05) is 13.2 Å². The van der Waals surface area contributed by atoms with Crippen molar-refractivity contribution in [1.29, 1.82) is 0 Å². The molecule has 0 rings (SSSR count). The molecule has 1 atom stereocenters. The van der Waals surface area contributed by atoms with Gasteiger partial charge >= 0.3 is 17.9 Å². The molecule has 0 saturated heterocycles. The molecule has 0 aliphatic carbocycles. The monoisotopic (exact) mass is 1140 g/mol. The highest BCUT2D eigenvalue weighted by molar-refractivity contribution is 5.71. The number of unbranched alkanes of at least 4 members (excludes halogenated alkanes) is 34. The summed E-state index contributed by atoms with van der Waals surface area (Å²) < 4.78 is 17.0. The third-order valence-electron chi connectivity index (χ3n) is 15.0. The van der Waals surface area contributed by atoms with Gasteiger partial charge in [0.05, 0.1) is 0 Å². The summed E-state index contributed by atoms with van der Waals surface area (Å²) in [5.41, 5.74) is 0. The summed E-state index contributed by atoms with van der Waals surface area (Å²) in [6, 6.07) is 0. The van der Waals surface area contributed by atoms with E-state index >= 15 is 0 Å². The molecule has 1 unspecified atom stereocenters. The molecule has 0 aromatic rings. The van der Waals surface area contributed by atoms with E-state index in [9.17, 15) is 14.4 Å². The number of allylic oxidation sites excluding steroid dienone is 18. The van der Waals surface area contributed by atoms with E-state index in [1.807, 2.05) is 0 Å². The van der Waals surface area contributed by atoms with Crippen molar-refractivity contribution in [1.82, 2.24) is 0 Å². The number of ether oxygens (including phenoxy) is 3. The van der Waals surface area contributed by atoms with Gasteiger partial charge in [0, 0.05) is 19.3 Å². The smallest absolute Gasteiger partial charge is 0.306 e. The number of rotatable bonds is 63. The quantitative estimate of drug-likeness (QED) is 0.0261. The van der Waals surface area contributed by atoms with Gasteiger partial charge in [-0.3, -0.25) is 14.4 Å². The van der Waals surface area contributed by atoms with Crippen LogP contribution >= 0.6 is 0 Å². The molecule has 0 saturated carbocycles. The van der Waals surface area contributed by atoms with Crippen molar-refractivity contribution in [2.45, 2.75) is 341 Å². The topological polar surface area (TPSA) is 78.9 Å². The van der Waals surface area contributed by atoms with Crippen LogP contribution < -0.4 is 0 Å². The van der Waals surface area contributed by atoms with Gasteiger partial charge < -0.3 is 14.2 Å². The molecule has 0 heterocycles. The van der Waals surface area contributed by atoms with Crippen LogP contribution in [0.5, 0.6) is 0 Å². The molecule has 0 aliphatic heterocycles. The molecule has 0 bridgehead atoms. The van der Waals surface area contributed by atoms with Crippen LogP contribution in [-0.2, 0) is 28.6 Å². The predicted octanol–water partition coefficient (Wildman–Crippen LogP) is 24.2. The van der Waals surface area contributed by atoms with Crippen molar-refractivity contribution in [3.05, 3.63) is 109 Å². The summed E-state index contributed by atoms with van der Waals surface area (Å²) >= 11 is 0. The molecule has 0 aliphatic rings. The lowest BCUT2D eigenvalue weighted by molar-refractivity contribution is -0.167. The first-order chi connectivity index (χ1) is 40.5. The van der Waals surface area contributed by atoms with Crippen LogP contribution in [0.1, 0.15) is 335 Å². The summed E-state index contributed by atoms with van der Waals surface area (Å²) in [6.07, 6.45) is 95.3. The molecule has 0 aromatic carbocycles. The Balaban J connectivity index is 4.39. The average Bonchev–Trinajstić information content (AvgIpc) is 3.47. The van der Waals surface area contributed by atoms with E-state index < -0.39 is 6.10 Å². The maximum absolute atomic E-state index is 13.0. The van der Waals surface area contributed by atoms with E-state index in [4.69, 9.17) is 14.2 Å². The van der Waals surface area contributed by atoms with Crippen LogP contribution in [0.25, 0.3) is 0 Å². The number of hydrogen-bond donors (Lipinski definition) is 0. The van der Waals surface area contributed by atoms with Gasteiger partial charge in [0.2, 0.25) is 0 Å². The molecule has 470 valence electrons. The van der Waals surface area contributed by atoms with Crippen LogP contribution in [0.2, 0.25) is 0 Å². The Morgan fingerprint density at radius 1 is 0.256 bits per heavy atom. The maximum atomic E-state index is 13.0. The number of carbonyl (C=O) groups excluding carboxylic acids is 3. The van der Waals surface area contributed by atoms with E-state index in [0.717, 1.165) is 109 Å². The molecule has 0 fully saturated rings. The molecule has 0 aromatic heterocycles. The highest BCUT2D eigenvalue weighted by Crippen LogP contribution is 2.17. The van der Waals surface area contributed by atoms with Crippen LogP contribution in [0.3, 0.4) is 0 Å². The fourth-order valence-corrected chi connectivity index (χ4v) is 9.83. The standard InChI is InChI=1S/C76H130O6/c1-4-7-10-13-16-19-22-25-28-31-34-36-38-40-42-45-48-51-54-57-60-63-66-69-75(78)81-72-73(71-80-74(77)68-65-62-59-56-53-50-47-44-33-30-27-24-21-18-15-12-9-6-3)82-76(79)70-67-64-61-58-55-52-49-46-43-41-39-37-35-32-29-26-23-20-17-14-11-8-5-2/h7-8,10-11,16-17,19-20,25-26,28-30,33-37,73H,4-6,9,12-15,18,21-24,27,31-32,38-72H2,1-3H3/b10-7-,11-8-,19-16-,20-17-,28-25-,29-26-,33-30-,36-34-,37-35-. The first-order valence-electron chi connectivity index (χ1n) is 34.9. The van der Waals surface area contributed by atoms with Crippen LogP contribution in [0, 0.1) is 0 Å². The third-order valence-corrected chi connectivity index (χ3v) is 15.0. The van der Waals surface area contributed by atoms with Gasteiger partial charge in [0.15, 0.2) is 6.10 Å². The first kappa shape index (κ1) is 78.1. The minimum absolute atomic E-state index is 0.0823. The zero-order valence-electron chi connectivity index (χ0n) is 54.0. The Morgan fingerprint density at radius 2 is 0.476 bits per heavy atom. The van der Waals surface area contributed by atoms with Gasteiger partial charge in [0.25, 0.3) is 0 Å². The zero-order valence-corrected chi connectivity index (χ0v) is 54.0. The second kappa shape index (κ2) is 69.6. The number of carbonyl (C=O) groups is 3. The second-order valence-corrected chi connectivity index (χ2v) is 23.0. The highest BCUT2D eigenvalue weighted by atomic mass is 16.6. The van der Waals surface area contributed by atoms with Gasteiger partial charge in [-0.25, -0.2) is 0 Å². The van der Waals surface area contributed by atoms with Crippen LogP contribution in [-0.4, -0.2) is 37.2 Å². The summed E-state index contributed by atoms with van der Waals surface area (Å²) in [5.74, 6) is -0.881. The van der Waals surface area contributed by atoms with E-state index in [2.05, 4.69) is 130 Å². The van der Waals surface area contributed by atoms with Gasteiger partial charge in [-0.15, -0.1) is 0 Å². The predicted molar refractivity (Wildman–Crippen MR) is 357 cm³/mol. The van der Waals surface area contributed by atoms with Crippen LogP contribution in [0.15, 0.2) is 109 Å². The summed E-state index contributed by atoms with van der Waals surface area (Å²) in [6.45, 7) is 6.44. The summed E-state index contributed by atoms with van der Waals surface area (Å²) in [5, 5.41) is 0. The fourth-order valence-electron chi connectivity index (χ4n) is 9.83. The van der Waals surface area contributed by atoms with E-state index in [1.165, 1.54) is 186 Å². The first-order valence-corrected chi connectivity index (χ1v) is 34.9. The van der Waals surface area contributed by atoms with Gasteiger partial charge in [-0.2, -0.15) is 0 Å². The summed E-state index contributed by atoms with van der Waals surface area (Å²) in [7, 11) is 0. The SMILES string of the molecule is CC/C=C\C/C=C\C/C=C\C/C=C\CCCCCCCCCCCCC(=O)OCC(COC(=O)CCCCCCCCC/C=C\CCCCCCCCC)OC(=O)CCCCCCCCCCCC/C=C\C/C=C\C/C=C\C/C=C\CC. The Kier molecular flexibility index (Phi) is 66.2. The fraction of sp³-hybridized carbons (Fsp3) is 0.724. The Morgan fingerprint density at radius 3 is 0.756 bits per heavy atom. The third kappa shape index (κ3) is 66.9. The van der Waals surface area contributed by atoms with Crippen molar-refractivity contribution < 1.29 is 28.6 Å². The number of esters is 3. The Bertz CT molecular complexity index is 1640. The van der Waals surface area contributed by atoms with Crippen LogP contribution in [0.4, 0.5) is 0 Å². The van der Waals surface area contributed by atoms with E-state index in [0.29, 0.717) is 19.3 Å². The van der Waals surface area contributed by atoms with Crippen molar-refractivity contribution in [2.24, 2.45) is 0 Å². The lowest BCUT2D eigenvalue weighted by Gasteiger charge is -2.18. The highest BCUT2D eigenvalue weighted by Gasteiger charge is 2.19. The second-order valence-electron chi connectivity index (χ2n) is 23.0. The lowest BCUT2D eigenvalue weighted by Crippen LogP contribution is -2.30. The minimum Gasteiger partial charge on any atom is -0.462 e. The molecule has 6 nitrogen and oxygen atoms in total. The van der Waals surface area contributed by atoms with E-state index in [-0.39, 0.29) is 31.1 Å². The molecular formula is C76H130O6. The lowest BCUT2D eigenvalue weighted by atomic mass is 10.0. The van der Waals surface area contributed by atoms with Crippen molar-refractivity contribution in [3.63, 3.8) is 0 Å². The van der Waals surface area contributed by atoms with Crippen molar-refractivity contribution >= 4 is 17.9 Å². The number of hydrogen-bond acceptors (Lipinski definition) is 6. The van der Waals surface area contributed by atoms with Gasteiger partial charge in [0.1, 0.15) is 13.2 Å². The molecule has 0 radical (unpaired) electrons. The van der Waals surface area contributed by atoms with Crippen molar-refractivity contribution in [3.8, 4) is 0 Å². The molecule has 6 heteroatoms. The molecule has 82 heavy (non-hydrogen) atoms. The Labute approximate surface area is 508 Å². The molecule has 0 N–H and O–H groups in total. The molecule has 0 amide bonds.